The molecule has 2 aromatic rings. The Morgan fingerprint density at radius 3 is 2.68 bits per heavy atom. The molecule has 2 rings (SSSR count). The first-order chi connectivity index (χ1) is 12.0. The Labute approximate surface area is 153 Å². The Morgan fingerprint density at radius 1 is 1.36 bits per heavy atom. The van der Waals surface area contributed by atoms with Gasteiger partial charge >= 0.3 is 0 Å². The van der Waals surface area contributed by atoms with Gasteiger partial charge in [-0.25, -0.2) is 0 Å². The summed E-state index contributed by atoms with van der Waals surface area (Å²) >= 11 is 1.63. The molecular weight excluding hydrogens is 334 g/mol. The molecule has 0 fully saturated rings. The van der Waals surface area contributed by atoms with Crippen LogP contribution in [0.4, 0.5) is 0 Å². The van der Waals surface area contributed by atoms with Crippen molar-refractivity contribution in [3.63, 3.8) is 0 Å². The van der Waals surface area contributed by atoms with Crippen LogP contribution >= 0.6 is 11.3 Å². The predicted molar refractivity (Wildman–Crippen MR) is 103 cm³/mol. The van der Waals surface area contributed by atoms with E-state index in [2.05, 4.69) is 46.2 Å². The van der Waals surface area contributed by atoms with Crippen LogP contribution in [0.2, 0.25) is 0 Å². The van der Waals surface area contributed by atoms with Crippen molar-refractivity contribution in [3.05, 3.63) is 34.4 Å². The number of aromatic nitrogens is 1. The monoisotopic (exact) mass is 361 g/mol. The molecule has 1 aromatic heterocycles. The zero-order valence-electron chi connectivity index (χ0n) is 15.4. The van der Waals surface area contributed by atoms with Crippen molar-refractivity contribution in [2.45, 2.75) is 46.3 Å². The topological polar surface area (TPSA) is 55.6 Å². The number of amides is 1. The molecule has 0 spiro atoms. The Kier molecular flexibility index (Phi) is 7.25. The lowest BCUT2D eigenvalue weighted by molar-refractivity contribution is -0.118. The van der Waals surface area contributed by atoms with Crippen LogP contribution in [0.3, 0.4) is 0 Å². The van der Waals surface area contributed by atoms with Crippen molar-refractivity contribution in [1.82, 2.24) is 9.88 Å². The fourth-order valence-electron chi connectivity index (χ4n) is 2.47. The quantitative estimate of drug-likeness (QED) is 0.732. The third-order valence-corrected chi connectivity index (χ3v) is 4.94. The van der Waals surface area contributed by atoms with Crippen molar-refractivity contribution in [2.24, 2.45) is 4.99 Å². The molecule has 0 aliphatic heterocycles. The fourth-order valence-corrected chi connectivity index (χ4v) is 3.38. The third kappa shape index (κ3) is 5.46. The van der Waals surface area contributed by atoms with E-state index in [1.54, 1.807) is 18.3 Å². The van der Waals surface area contributed by atoms with Crippen LogP contribution in [0.15, 0.2) is 34.6 Å². The van der Waals surface area contributed by atoms with Gasteiger partial charge in [0, 0.05) is 32.4 Å². The van der Waals surface area contributed by atoms with Gasteiger partial charge in [-0.3, -0.25) is 9.79 Å². The Balaban J connectivity index is 2.15. The summed E-state index contributed by atoms with van der Waals surface area (Å²) in [6.07, 6.45) is 2.07. The number of carbonyl (C=O) groups is 1. The number of nitrogens with one attached hydrogen (secondary N) is 1. The van der Waals surface area contributed by atoms with Crippen LogP contribution in [0.5, 0.6) is 5.75 Å². The molecule has 25 heavy (non-hydrogen) atoms. The summed E-state index contributed by atoms with van der Waals surface area (Å²) in [6, 6.07) is 8.21. The predicted octanol–water partition coefficient (Wildman–Crippen LogP) is 3.45. The van der Waals surface area contributed by atoms with Crippen molar-refractivity contribution >= 4 is 17.2 Å². The van der Waals surface area contributed by atoms with E-state index in [1.165, 1.54) is 0 Å². The average molecular weight is 362 g/mol. The zero-order chi connectivity index (χ0) is 18.2. The Morgan fingerprint density at radius 2 is 2.08 bits per heavy atom. The molecule has 1 atom stereocenters. The van der Waals surface area contributed by atoms with E-state index in [0.717, 1.165) is 41.2 Å². The van der Waals surface area contributed by atoms with Gasteiger partial charge in [-0.05, 0) is 49.6 Å². The molecule has 0 saturated carbocycles. The number of carbonyl (C=O) groups excluding carboxylic acids is 1. The second-order valence-corrected chi connectivity index (χ2v) is 6.81. The minimum Gasteiger partial charge on any atom is -0.491 e. The summed E-state index contributed by atoms with van der Waals surface area (Å²) in [5.41, 5.74) is 2.28. The largest absolute Gasteiger partial charge is 0.491 e. The van der Waals surface area contributed by atoms with E-state index < -0.39 is 0 Å². The maximum atomic E-state index is 11.0. The first-order valence-electron chi connectivity index (χ1n) is 8.67. The number of thiazole rings is 1. The summed E-state index contributed by atoms with van der Waals surface area (Å²) in [7, 11) is 1.81. The first-order valence-corrected chi connectivity index (χ1v) is 9.55. The molecule has 1 heterocycles. The van der Waals surface area contributed by atoms with E-state index in [9.17, 15) is 4.79 Å². The summed E-state index contributed by atoms with van der Waals surface area (Å²) in [6.45, 7) is 7.22. The molecule has 1 amide bonds. The van der Waals surface area contributed by atoms with Crippen molar-refractivity contribution in [3.8, 4) is 17.0 Å². The van der Waals surface area contributed by atoms with Crippen molar-refractivity contribution in [2.75, 3.05) is 13.6 Å². The number of benzene rings is 1. The SMILES string of the molecule is CCC(C)Oc1ccc(-c2csc(=NC)n2CCCNC(C)=O)cc1. The second kappa shape index (κ2) is 9.42. The Hall–Kier alpha value is -2.08. The van der Waals surface area contributed by atoms with Gasteiger partial charge in [-0.1, -0.05) is 6.92 Å². The molecular formula is C19H27N3O2S. The van der Waals surface area contributed by atoms with Crippen LogP contribution in [0, 0.1) is 0 Å². The highest BCUT2D eigenvalue weighted by Gasteiger charge is 2.09. The maximum absolute atomic E-state index is 11.0. The lowest BCUT2D eigenvalue weighted by atomic mass is 10.1. The zero-order valence-corrected chi connectivity index (χ0v) is 16.2. The summed E-state index contributed by atoms with van der Waals surface area (Å²) < 4.78 is 8.06. The van der Waals surface area contributed by atoms with Gasteiger partial charge < -0.3 is 14.6 Å². The highest BCUT2D eigenvalue weighted by molar-refractivity contribution is 7.07. The molecule has 0 bridgehead atoms. The van der Waals surface area contributed by atoms with Crippen LogP contribution in [0.1, 0.15) is 33.6 Å². The van der Waals surface area contributed by atoms with Gasteiger partial charge in [0.1, 0.15) is 5.75 Å². The van der Waals surface area contributed by atoms with E-state index >= 15 is 0 Å². The third-order valence-electron chi connectivity index (χ3n) is 3.98. The van der Waals surface area contributed by atoms with Gasteiger partial charge in [-0.2, -0.15) is 0 Å². The molecule has 1 unspecified atom stereocenters. The molecule has 1 N–H and O–H groups in total. The van der Waals surface area contributed by atoms with Crippen LogP contribution in [0.25, 0.3) is 11.3 Å². The first kappa shape index (κ1) is 19.2. The highest BCUT2D eigenvalue weighted by atomic mass is 32.1. The minimum absolute atomic E-state index is 0.00726. The van der Waals surface area contributed by atoms with Gasteiger partial charge in [0.15, 0.2) is 4.80 Å². The average Bonchev–Trinajstić information content (AvgIpc) is 3.02. The van der Waals surface area contributed by atoms with E-state index in [0.29, 0.717) is 6.54 Å². The lowest BCUT2D eigenvalue weighted by Crippen LogP contribution is -2.24. The number of hydrogen-bond acceptors (Lipinski definition) is 4. The molecule has 1 aromatic carbocycles. The smallest absolute Gasteiger partial charge is 0.216 e. The van der Waals surface area contributed by atoms with E-state index in [-0.39, 0.29) is 12.0 Å². The van der Waals surface area contributed by atoms with Gasteiger partial charge in [-0.15, -0.1) is 11.3 Å². The number of ether oxygens (including phenoxy) is 1. The van der Waals surface area contributed by atoms with Crippen LogP contribution in [-0.2, 0) is 11.3 Å². The Bertz CT molecular complexity index is 747. The van der Waals surface area contributed by atoms with Gasteiger partial charge in [0.05, 0.1) is 11.8 Å². The number of hydrogen-bond donors (Lipinski definition) is 1. The van der Waals surface area contributed by atoms with Crippen LogP contribution < -0.4 is 14.9 Å². The van der Waals surface area contributed by atoms with Crippen molar-refractivity contribution in [1.29, 1.82) is 0 Å². The fraction of sp³-hybridized carbons (Fsp3) is 0.474. The lowest BCUT2D eigenvalue weighted by Gasteiger charge is -2.13. The summed E-state index contributed by atoms with van der Waals surface area (Å²) in [4.78, 5) is 16.4. The minimum atomic E-state index is 0.00726. The number of nitrogens with zero attached hydrogens (tertiary/aromatic N) is 2. The molecule has 0 saturated heterocycles. The maximum Gasteiger partial charge on any atom is 0.216 e. The van der Waals surface area contributed by atoms with Gasteiger partial charge in [0.2, 0.25) is 5.91 Å². The second-order valence-electron chi connectivity index (χ2n) is 5.98. The molecule has 6 heteroatoms. The van der Waals surface area contributed by atoms with E-state index in [4.69, 9.17) is 4.74 Å². The molecule has 0 aliphatic carbocycles. The molecule has 0 aliphatic rings. The summed E-state index contributed by atoms with van der Waals surface area (Å²) in [5, 5.41) is 4.97. The molecule has 136 valence electrons. The van der Waals surface area contributed by atoms with E-state index in [1.807, 2.05) is 19.2 Å². The summed E-state index contributed by atoms with van der Waals surface area (Å²) in [5.74, 6) is 0.902. The van der Waals surface area contributed by atoms with Gasteiger partial charge in [0.25, 0.3) is 0 Å². The van der Waals surface area contributed by atoms with Crippen molar-refractivity contribution < 1.29 is 9.53 Å². The molecule has 5 nitrogen and oxygen atoms in total. The normalized spacial score (nSPS) is 12.9. The molecule has 0 radical (unpaired) electrons. The van der Waals surface area contributed by atoms with Crippen LogP contribution in [-0.4, -0.2) is 30.2 Å². The number of rotatable bonds is 8. The standard InChI is InChI=1S/C19H27N3O2S/c1-5-14(2)24-17-9-7-16(8-10-17)18-13-25-19(20-4)22(18)12-6-11-21-15(3)23/h7-10,13-14H,5-6,11-12H2,1-4H3,(H,21,23). The highest BCUT2D eigenvalue weighted by Crippen LogP contribution is 2.24.